The Balaban J connectivity index is 1.84. The molecule has 0 spiro atoms. The lowest BCUT2D eigenvalue weighted by molar-refractivity contribution is 0.614. The lowest BCUT2D eigenvalue weighted by atomic mass is 10.2. The molecule has 1 aromatic heterocycles. The van der Waals surface area contributed by atoms with Crippen LogP contribution in [0.25, 0.3) is 0 Å². The molecule has 0 radical (unpaired) electrons. The first-order valence-electron chi connectivity index (χ1n) is 5.57. The molecule has 3 rings (SSSR count). The van der Waals surface area contributed by atoms with Crippen molar-refractivity contribution in [2.75, 3.05) is 18.0 Å². The van der Waals surface area contributed by atoms with Crippen molar-refractivity contribution in [1.82, 2.24) is 20.5 Å². The largest absolute Gasteiger partial charge is 0.347 e. The molecular weight excluding hydrogens is 190 g/mol. The van der Waals surface area contributed by atoms with E-state index in [1.807, 2.05) is 6.20 Å². The molecule has 1 aliphatic carbocycles. The molecule has 1 saturated carbocycles. The van der Waals surface area contributed by atoms with Crippen LogP contribution in [-0.2, 0) is 0 Å². The zero-order valence-corrected chi connectivity index (χ0v) is 8.63. The monoisotopic (exact) mass is 205 g/mol. The first-order chi connectivity index (χ1) is 7.45. The Labute approximate surface area is 88.9 Å². The van der Waals surface area contributed by atoms with E-state index in [-0.39, 0.29) is 0 Å². The molecule has 0 bridgehead atoms. The van der Waals surface area contributed by atoms with Gasteiger partial charge in [-0.2, -0.15) is 0 Å². The van der Waals surface area contributed by atoms with Gasteiger partial charge in [0, 0.05) is 18.6 Å². The average molecular weight is 205 g/mol. The van der Waals surface area contributed by atoms with E-state index in [2.05, 4.69) is 25.4 Å². The van der Waals surface area contributed by atoms with Gasteiger partial charge in [-0.05, 0) is 25.8 Å². The molecule has 0 amide bonds. The van der Waals surface area contributed by atoms with E-state index in [1.54, 1.807) is 0 Å². The minimum Gasteiger partial charge on any atom is -0.347 e. The van der Waals surface area contributed by atoms with Crippen molar-refractivity contribution in [3.63, 3.8) is 0 Å². The molecule has 1 saturated heterocycles. The Morgan fingerprint density at radius 2 is 2.20 bits per heavy atom. The molecule has 5 nitrogen and oxygen atoms in total. The second-order valence-corrected chi connectivity index (χ2v) is 4.25. The molecule has 1 atom stereocenters. The smallest absolute Gasteiger partial charge is 0.170 e. The van der Waals surface area contributed by atoms with E-state index in [1.165, 1.54) is 25.6 Å². The quantitative estimate of drug-likeness (QED) is 0.764. The molecule has 1 unspecified atom stereocenters. The van der Waals surface area contributed by atoms with Crippen LogP contribution in [0.3, 0.4) is 0 Å². The van der Waals surface area contributed by atoms with E-state index in [9.17, 15) is 0 Å². The summed E-state index contributed by atoms with van der Waals surface area (Å²) in [7, 11) is 0. The first-order valence-corrected chi connectivity index (χ1v) is 5.57. The zero-order chi connectivity index (χ0) is 10.1. The van der Waals surface area contributed by atoms with Crippen molar-refractivity contribution in [3.05, 3.63) is 12.5 Å². The fraction of sp³-hybridized carbons (Fsp3) is 0.700. The average Bonchev–Trinajstić information content (AvgIpc) is 2.96. The molecule has 5 heteroatoms. The second-order valence-electron chi connectivity index (χ2n) is 4.25. The van der Waals surface area contributed by atoms with Crippen LogP contribution in [0.4, 0.5) is 5.82 Å². The predicted molar refractivity (Wildman–Crippen MR) is 56.6 cm³/mol. The molecule has 15 heavy (non-hydrogen) atoms. The highest BCUT2D eigenvalue weighted by Gasteiger charge is 2.36. The lowest BCUT2D eigenvalue weighted by Crippen LogP contribution is -2.39. The summed E-state index contributed by atoms with van der Waals surface area (Å²) in [5.74, 6) is 0.939. The van der Waals surface area contributed by atoms with Gasteiger partial charge in [-0.1, -0.05) is 0 Å². The Hall–Kier alpha value is -1.23. The Kier molecular flexibility index (Phi) is 2.25. The Morgan fingerprint density at radius 1 is 1.27 bits per heavy atom. The SMILES string of the molecule is c1ncc(N(C2CC2)C2CCNC2)nn1. The third kappa shape index (κ3) is 1.79. The van der Waals surface area contributed by atoms with Crippen LogP contribution in [0.2, 0.25) is 0 Å². The number of anilines is 1. The fourth-order valence-corrected chi connectivity index (χ4v) is 2.26. The van der Waals surface area contributed by atoms with Crippen LogP contribution in [0.15, 0.2) is 12.5 Å². The maximum absolute atomic E-state index is 4.17. The van der Waals surface area contributed by atoms with Crippen LogP contribution in [0, 0.1) is 0 Å². The summed E-state index contributed by atoms with van der Waals surface area (Å²) < 4.78 is 0. The highest BCUT2D eigenvalue weighted by atomic mass is 15.3. The summed E-state index contributed by atoms with van der Waals surface area (Å²) >= 11 is 0. The van der Waals surface area contributed by atoms with Crippen molar-refractivity contribution in [2.45, 2.75) is 31.3 Å². The molecule has 1 N–H and O–H groups in total. The summed E-state index contributed by atoms with van der Waals surface area (Å²) in [5, 5.41) is 11.4. The van der Waals surface area contributed by atoms with Crippen LogP contribution in [0.5, 0.6) is 0 Å². The van der Waals surface area contributed by atoms with Gasteiger partial charge in [0.15, 0.2) is 5.82 Å². The summed E-state index contributed by atoms with van der Waals surface area (Å²) in [6.07, 6.45) is 7.08. The third-order valence-electron chi connectivity index (χ3n) is 3.10. The summed E-state index contributed by atoms with van der Waals surface area (Å²) in [5.41, 5.74) is 0. The van der Waals surface area contributed by atoms with Crippen LogP contribution in [-0.4, -0.2) is 40.4 Å². The van der Waals surface area contributed by atoms with Crippen LogP contribution in [0.1, 0.15) is 19.3 Å². The van der Waals surface area contributed by atoms with E-state index < -0.39 is 0 Å². The predicted octanol–water partition coefficient (Wildman–Crippen LogP) is 0.202. The molecule has 1 aliphatic heterocycles. The first kappa shape index (κ1) is 9.03. The van der Waals surface area contributed by atoms with Gasteiger partial charge < -0.3 is 10.2 Å². The summed E-state index contributed by atoms with van der Waals surface area (Å²) in [4.78, 5) is 6.45. The molecule has 1 aromatic rings. The molecule has 80 valence electrons. The van der Waals surface area contributed by atoms with Crippen molar-refractivity contribution < 1.29 is 0 Å². The van der Waals surface area contributed by atoms with Crippen LogP contribution < -0.4 is 10.2 Å². The third-order valence-corrected chi connectivity index (χ3v) is 3.10. The van der Waals surface area contributed by atoms with E-state index in [4.69, 9.17) is 0 Å². The van der Waals surface area contributed by atoms with E-state index >= 15 is 0 Å². The molecule has 0 aromatic carbocycles. The van der Waals surface area contributed by atoms with Gasteiger partial charge in [-0.15, -0.1) is 10.2 Å². The van der Waals surface area contributed by atoms with Crippen molar-refractivity contribution in [2.24, 2.45) is 0 Å². The van der Waals surface area contributed by atoms with Crippen LogP contribution >= 0.6 is 0 Å². The highest BCUT2D eigenvalue weighted by molar-refractivity contribution is 5.40. The van der Waals surface area contributed by atoms with Gasteiger partial charge in [0.25, 0.3) is 0 Å². The van der Waals surface area contributed by atoms with Gasteiger partial charge in [0.1, 0.15) is 6.33 Å². The van der Waals surface area contributed by atoms with Crippen molar-refractivity contribution in [3.8, 4) is 0 Å². The van der Waals surface area contributed by atoms with Crippen molar-refractivity contribution >= 4 is 5.82 Å². The lowest BCUT2D eigenvalue weighted by Gasteiger charge is -2.28. The van der Waals surface area contributed by atoms with Gasteiger partial charge in [-0.25, -0.2) is 4.98 Å². The minimum absolute atomic E-state index is 0.580. The second kappa shape index (κ2) is 3.73. The number of nitrogens with zero attached hydrogens (tertiary/aromatic N) is 4. The standard InChI is InChI=1S/C10H15N5/c1-2-8(1)15(9-3-4-11-5-9)10-6-12-7-13-14-10/h6-9,11H,1-5H2. The normalized spacial score (nSPS) is 25.5. The molecular formula is C10H15N5. The number of hydrogen-bond acceptors (Lipinski definition) is 5. The summed E-state index contributed by atoms with van der Waals surface area (Å²) in [6.45, 7) is 2.18. The van der Waals surface area contributed by atoms with E-state index in [0.29, 0.717) is 12.1 Å². The van der Waals surface area contributed by atoms with Gasteiger partial charge in [-0.3, -0.25) is 0 Å². The number of rotatable bonds is 3. The maximum atomic E-state index is 4.17. The Morgan fingerprint density at radius 3 is 2.80 bits per heavy atom. The van der Waals surface area contributed by atoms with Gasteiger partial charge in [0.2, 0.25) is 0 Å². The number of aromatic nitrogens is 3. The number of nitrogens with one attached hydrogen (secondary N) is 1. The van der Waals surface area contributed by atoms with Gasteiger partial charge in [0.05, 0.1) is 6.20 Å². The van der Waals surface area contributed by atoms with Crippen molar-refractivity contribution in [1.29, 1.82) is 0 Å². The van der Waals surface area contributed by atoms with E-state index in [0.717, 1.165) is 18.9 Å². The maximum Gasteiger partial charge on any atom is 0.170 e. The summed E-state index contributed by atoms with van der Waals surface area (Å²) in [6, 6.07) is 1.25. The Bertz CT molecular complexity index is 318. The molecule has 2 heterocycles. The minimum atomic E-state index is 0.580. The topological polar surface area (TPSA) is 53.9 Å². The zero-order valence-electron chi connectivity index (χ0n) is 8.63. The van der Waals surface area contributed by atoms with Gasteiger partial charge >= 0.3 is 0 Å². The fourth-order valence-electron chi connectivity index (χ4n) is 2.26. The molecule has 2 aliphatic rings. The highest BCUT2D eigenvalue weighted by Crippen LogP contribution is 2.33. The molecule has 2 fully saturated rings. The number of hydrogen-bond donors (Lipinski definition) is 1.